The van der Waals surface area contributed by atoms with Gasteiger partial charge in [0.1, 0.15) is 5.75 Å². The summed E-state index contributed by atoms with van der Waals surface area (Å²) in [6.07, 6.45) is 2.25. The van der Waals surface area contributed by atoms with Crippen molar-refractivity contribution < 1.29 is 14.6 Å². The molecule has 0 spiro atoms. The first-order valence-electron chi connectivity index (χ1n) is 6.40. The summed E-state index contributed by atoms with van der Waals surface area (Å²) in [5.41, 5.74) is 0.523. The van der Waals surface area contributed by atoms with E-state index < -0.39 is 0 Å². The number of aromatic hydroxyl groups is 1. The van der Waals surface area contributed by atoms with Gasteiger partial charge in [0.25, 0.3) is 5.91 Å². The van der Waals surface area contributed by atoms with Crippen molar-refractivity contribution in [2.24, 2.45) is 0 Å². The Hall–Kier alpha value is -1.55. The van der Waals surface area contributed by atoms with E-state index in [1.54, 1.807) is 23.1 Å². The summed E-state index contributed by atoms with van der Waals surface area (Å²) in [6.45, 7) is 4.03. The van der Waals surface area contributed by atoms with Crippen LogP contribution < -0.4 is 0 Å². The standard InChI is InChI=1S/C14H19NO3/c1-2-15(10-13-7-4-8-18-13)14(17)11-5-3-6-12(16)9-11/h3,5-6,9,13,16H,2,4,7-8,10H2,1H3. The lowest BCUT2D eigenvalue weighted by Crippen LogP contribution is -2.37. The number of hydrogen-bond acceptors (Lipinski definition) is 3. The van der Waals surface area contributed by atoms with E-state index in [0.29, 0.717) is 18.7 Å². The third-order valence-corrected chi connectivity index (χ3v) is 3.21. The Morgan fingerprint density at radius 1 is 1.56 bits per heavy atom. The SMILES string of the molecule is CCN(CC1CCCO1)C(=O)c1cccc(O)c1. The minimum Gasteiger partial charge on any atom is -0.508 e. The third kappa shape index (κ3) is 3.01. The lowest BCUT2D eigenvalue weighted by Gasteiger charge is -2.24. The molecular weight excluding hydrogens is 230 g/mol. The fraction of sp³-hybridized carbons (Fsp3) is 0.500. The molecule has 4 nitrogen and oxygen atoms in total. The largest absolute Gasteiger partial charge is 0.508 e. The molecular formula is C14H19NO3. The number of benzene rings is 1. The third-order valence-electron chi connectivity index (χ3n) is 3.21. The molecule has 1 fully saturated rings. The number of likely N-dealkylation sites (N-methyl/N-ethyl adjacent to an activating group) is 1. The summed E-state index contributed by atoms with van der Waals surface area (Å²) >= 11 is 0. The van der Waals surface area contributed by atoms with Crippen LogP contribution in [0.1, 0.15) is 30.1 Å². The minimum atomic E-state index is -0.0519. The van der Waals surface area contributed by atoms with Crippen LogP contribution in [0.15, 0.2) is 24.3 Å². The van der Waals surface area contributed by atoms with Gasteiger partial charge in [-0.2, -0.15) is 0 Å². The molecule has 1 aromatic rings. The highest BCUT2D eigenvalue weighted by atomic mass is 16.5. The molecule has 1 unspecified atom stereocenters. The number of carbonyl (C=O) groups is 1. The van der Waals surface area contributed by atoms with Gasteiger partial charge in [-0.3, -0.25) is 4.79 Å². The number of rotatable bonds is 4. The lowest BCUT2D eigenvalue weighted by molar-refractivity contribution is 0.0539. The van der Waals surface area contributed by atoms with E-state index >= 15 is 0 Å². The van der Waals surface area contributed by atoms with E-state index in [0.717, 1.165) is 19.4 Å². The molecule has 0 bridgehead atoms. The molecule has 1 aromatic carbocycles. The molecule has 0 aromatic heterocycles. The van der Waals surface area contributed by atoms with Crippen molar-refractivity contribution in [3.8, 4) is 5.75 Å². The minimum absolute atomic E-state index is 0.0519. The maximum atomic E-state index is 12.3. The predicted octanol–water partition coefficient (Wildman–Crippen LogP) is 2.03. The molecule has 1 N–H and O–H groups in total. The Kier molecular flexibility index (Phi) is 4.20. The lowest BCUT2D eigenvalue weighted by atomic mass is 10.1. The monoisotopic (exact) mass is 249 g/mol. The summed E-state index contributed by atoms with van der Waals surface area (Å²) in [6, 6.07) is 6.47. The molecule has 1 aliphatic rings. The van der Waals surface area contributed by atoms with Gasteiger partial charge in [-0.15, -0.1) is 0 Å². The first kappa shape index (κ1) is 12.9. The van der Waals surface area contributed by atoms with Crippen LogP contribution in [0.3, 0.4) is 0 Å². The first-order chi connectivity index (χ1) is 8.70. The van der Waals surface area contributed by atoms with Gasteiger partial charge >= 0.3 is 0 Å². The van der Waals surface area contributed by atoms with Crippen molar-refractivity contribution in [2.75, 3.05) is 19.7 Å². The Morgan fingerprint density at radius 3 is 3.00 bits per heavy atom. The topological polar surface area (TPSA) is 49.8 Å². The van der Waals surface area contributed by atoms with Crippen LogP contribution in [0.25, 0.3) is 0 Å². The van der Waals surface area contributed by atoms with Crippen molar-refractivity contribution in [2.45, 2.75) is 25.9 Å². The summed E-state index contributed by atoms with van der Waals surface area (Å²) in [5, 5.41) is 9.41. The number of carbonyl (C=O) groups excluding carboxylic acids is 1. The number of ether oxygens (including phenoxy) is 1. The molecule has 18 heavy (non-hydrogen) atoms. The van der Waals surface area contributed by atoms with Crippen LogP contribution >= 0.6 is 0 Å². The number of nitrogens with zero attached hydrogens (tertiary/aromatic N) is 1. The van der Waals surface area contributed by atoms with Crippen LogP contribution in [0.4, 0.5) is 0 Å². The maximum absolute atomic E-state index is 12.3. The van der Waals surface area contributed by atoms with Crippen molar-refractivity contribution in [1.29, 1.82) is 0 Å². The van der Waals surface area contributed by atoms with Gasteiger partial charge in [-0.25, -0.2) is 0 Å². The number of hydrogen-bond donors (Lipinski definition) is 1. The van der Waals surface area contributed by atoms with Gasteiger partial charge in [0.05, 0.1) is 6.10 Å². The average Bonchev–Trinajstić information content (AvgIpc) is 2.88. The van der Waals surface area contributed by atoms with E-state index in [1.165, 1.54) is 6.07 Å². The number of amides is 1. The Morgan fingerprint density at radius 2 is 2.39 bits per heavy atom. The Bertz CT molecular complexity index is 413. The van der Waals surface area contributed by atoms with E-state index in [9.17, 15) is 9.90 Å². The van der Waals surface area contributed by atoms with E-state index in [-0.39, 0.29) is 17.8 Å². The van der Waals surface area contributed by atoms with Gasteiger partial charge in [0.15, 0.2) is 0 Å². The van der Waals surface area contributed by atoms with Gasteiger partial charge in [0.2, 0.25) is 0 Å². The molecule has 1 atom stereocenters. The second-order valence-corrected chi connectivity index (χ2v) is 4.53. The zero-order chi connectivity index (χ0) is 13.0. The van der Waals surface area contributed by atoms with Crippen molar-refractivity contribution >= 4 is 5.91 Å². The summed E-state index contributed by atoms with van der Waals surface area (Å²) in [5.74, 6) is 0.0675. The highest BCUT2D eigenvalue weighted by Gasteiger charge is 2.22. The average molecular weight is 249 g/mol. The fourth-order valence-corrected chi connectivity index (χ4v) is 2.21. The zero-order valence-corrected chi connectivity index (χ0v) is 10.6. The Labute approximate surface area is 107 Å². The smallest absolute Gasteiger partial charge is 0.254 e. The number of phenolic OH excluding ortho intramolecular Hbond substituents is 1. The molecule has 0 aliphatic carbocycles. The summed E-state index contributed by atoms with van der Waals surface area (Å²) in [7, 11) is 0. The first-order valence-corrected chi connectivity index (χ1v) is 6.40. The van der Waals surface area contributed by atoms with Crippen LogP contribution in [-0.2, 0) is 4.74 Å². The van der Waals surface area contributed by atoms with Crippen molar-refractivity contribution in [3.63, 3.8) is 0 Å². The van der Waals surface area contributed by atoms with Gasteiger partial charge < -0.3 is 14.7 Å². The maximum Gasteiger partial charge on any atom is 0.254 e. The molecule has 4 heteroatoms. The normalized spacial score (nSPS) is 18.8. The molecule has 2 rings (SSSR count). The molecule has 0 radical (unpaired) electrons. The molecule has 0 saturated carbocycles. The number of phenols is 1. The van der Waals surface area contributed by atoms with Crippen molar-refractivity contribution in [1.82, 2.24) is 4.90 Å². The second kappa shape index (κ2) is 5.87. The second-order valence-electron chi connectivity index (χ2n) is 4.53. The summed E-state index contributed by atoms with van der Waals surface area (Å²) < 4.78 is 5.55. The van der Waals surface area contributed by atoms with Gasteiger partial charge in [-0.05, 0) is 38.0 Å². The molecule has 1 aliphatic heterocycles. The van der Waals surface area contributed by atoms with Crippen LogP contribution in [0.2, 0.25) is 0 Å². The van der Waals surface area contributed by atoms with E-state index in [1.807, 2.05) is 6.92 Å². The molecule has 98 valence electrons. The molecule has 1 amide bonds. The zero-order valence-electron chi connectivity index (χ0n) is 10.6. The fourth-order valence-electron chi connectivity index (χ4n) is 2.21. The summed E-state index contributed by atoms with van der Waals surface area (Å²) in [4.78, 5) is 14.0. The predicted molar refractivity (Wildman–Crippen MR) is 68.7 cm³/mol. The molecule has 1 saturated heterocycles. The quantitative estimate of drug-likeness (QED) is 0.888. The molecule has 1 heterocycles. The Balaban J connectivity index is 2.04. The van der Waals surface area contributed by atoms with Crippen LogP contribution in [0, 0.1) is 0 Å². The van der Waals surface area contributed by atoms with Gasteiger partial charge in [0, 0.05) is 25.3 Å². The highest BCUT2D eigenvalue weighted by molar-refractivity contribution is 5.94. The van der Waals surface area contributed by atoms with Crippen molar-refractivity contribution in [3.05, 3.63) is 29.8 Å². The van der Waals surface area contributed by atoms with E-state index in [4.69, 9.17) is 4.74 Å². The van der Waals surface area contributed by atoms with Crippen LogP contribution in [-0.4, -0.2) is 41.7 Å². The highest BCUT2D eigenvalue weighted by Crippen LogP contribution is 2.17. The van der Waals surface area contributed by atoms with Crippen LogP contribution in [0.5, 0.6) is 5.75 Å². The van der Waals surface area contributed by atoms with E-state index in [2.05, 4.69) is 0 Å². The van der Waals surface area contributed by atoms with Gasteiger partial charge in [-0.1, -0.05) is 6.07 Å².